The Balaban J connectivity index is 2.30. The zero-order valence-corrected chi connectivity index (χ0v) is 65.9. The summed E-state index contributed by atoms with van der Waals surface area (Å²) in [5.41, 5.74) is 0.553. The van der Waals surface area contributed by atoms with Gasteiger partial charge in [-0.25, -0.2) is 0 Å². The molecule has 7 N–H and O–H groups in total. The van der Waals surface area contributed by atoms with Crippen molar-refractivity contribution in [3.05, 3.63) is 71.8 Å². The fourth-order valence-electron chi connectivity index (χ4n) is 12.8. The molecule has 3 rings (SSSR count). The highest BCUT2D eigenvalue weighted by Crippen LogP contribution is 2.24. The van der Waals surface area contributed by atoms with Gasteiger partial charge in [0.1, 0.15) is 54.4 Å². The minimum absolute atomic E-state index is 0.0282. The number of nitrogens with one attached hydrogen (secondary N) is 6. The van der Waals surface area contributed by atoms with Crippen molar-refractivity contribution >= 4 is 70.8 Å². The van der Waals surface area contributed by atoms with Crippen molar-refractivity contribution < 1.29 is 67.4 Å². The number of aliphatic hydroxyl groups excluding tert-OH is 1. The summed E-state index contributed by atoms with van der Waals surface area (Å²) in [6, 6.07) is 5.18. The van der Waals surface area contributed by atoms with Crippen LogP contribution in [0, 0.1) is 41.4 Å². The summed E-state index contributed by atoms with van der Waals surface area (Å²) in [7, 11) is 8.78. The summed E-state index contributed by atoms with van der Waals surface area (Å²) in [4.78, 5) is 185. The van der Waals surface area contributed by atoms with E-state index in [1.54, 1.807) is 77.1 Å². The highest BCUT2D eigenvalue weighted by Gasteiger charge is 2.43. The van der Waals surface area contributed by atoms with Crippen LogP contribution in [0.2, 0.25) is 0 Å². The second-order valence-electron chi connectivity index (χ2n) is 31.2. The maximum atomic E-state index is 15.2. The Kier molecular flexibility index (Phi) is 36.1. The molecule has 1 fully saturated rings. The number of benzene rings is 2. The molecule has 0 radical (unpaired) electrons. The maximum Gasteiger partial charge on any atom is 0.245 e. The van der Waals surface area contributed by atoms with E-state index in [2.05, 4.69) is 31.9 Å². The monoisotopic (exact) mass is 1440 g/mol. The van der Waals surface area contributed by atoms with Gasteiger partial charge < -0.3 is 71.1 Å². The molecule has 578 valence electrons. The molecule has 0 aliphatic carbocycles. The van der Waals surface area contributed by atoms with Crippen LogP contribution in [0.25, 0.3) is 0 Å². The highest BCUT2D eigenvalue weighted by atomic mass is 16.5. The molecule has 103 heavy (non-hydrogen) atoms. The summed E-state index contributed by atoms with van der Waals surface area (Å²) in [6.07, 6.45) is -0.439. The van der Waals surface area contributed by atoms with Gasteiger partial charge in [-0.3, -0.25) is 57.5 Å². The van der Waals surface area contributed by atoms with Gasteiger partial charge in [0.25, 0.3) is 0 Å². The van der Waals surface area contributed by atoms with Crippen LogP contribution < -0.4 is 31.9 Å². The van der Waals surface area contributed by atoms with Crippen LogP contribution in [-0.2, 0) is 75.1 Å². The van der Waals surface area contributed by atoms with Crippen molar-refractivity contribution in [3.63, 3.8) is 0 Å². The topological polar surface area (TPSA) is 326 Å². The number of hydrogen-bond acceptors (Lipinski definition) is 15. The van der Waals surface area contributed by atoms with E-state index in [9.17, 15) is 53.1 Å². The standard InChI is InChI=1S/C77H126N12O14/c1-24-49(10)65-76(102)84(18)43-50(11)71(97)87(21)61(37-47(6)7)68(94)82-59(44-103-77(15,16)17)67(93)80-57(36-46(4)5)66(92)79-51(12)72(98)85(19)52(13)73(99)86(20)60(40-55-33-29-26-30-34-55)63(91)42-78-41-56(35-45(2)3)74(100)88(22)62(38-48(8)9)69(95)83-64(53(14)90)70(96)81-58(75(101)89(65)23)39-54-31-27-25-28-32-54/h25-34,45-53,56-62,64-65,78,90H,24,35-44H2,1-23H3,(H,79,92)(H,80,93)(H,81,96)(H,82,94)(H,83,95)/t49?,50-,51+,52+,53-,56-,57+,58+,59+,60+,61+,62?,64+,65+/m1/s1. The Morgan fingerprint density at radius 3 is 1.45 bits per heavy atom. The lowest BCUT2D eigenvalue weighted by molar-refractivity contribution is -0.149. The first kappa shape index (κ1) is 89.4. The smallest absolute Gasteiger partial charge is 0.245 e. The van der Waals surface area contributed by atoms with Gasteiger partial charge in [0.15, 0.2) is 5.78 Å². The van der Waals surface area contributed by atoms with Crippen LogP contribution in [0.1, 0.15) is 161 Å². The number of nitrogens with zero attached hydrogens (tertiary/aromatic N) is 6. The quantitative estimate of drug-likeness (QED) is 0.116. The molecule has 0 bridgehead atoms. The molecule has 1 heterocycles. The second-order valence-corrected chi connectivity index (χ2v) is 31.2. The summed E-state index contributed by atoms with van der Waals surface area (Å²) in [6.45, 7) is 29.0. The summed E-state index contributed by atoms with van der Waals surface area (Å²) in [5, 5.41) is 28.4. The largest absolute Gasteiger partial charge is 0.391 e. The lowest BCUT2D eigenvalue weighted by Crippen LogP contribution is -2.62. The summed E-state index contributed by atoms with van der Waals surface area (Å²) < 4.78 is 6.10. The molecule has 1 saturated heterocycles. The third kappa shape index (κ3) is 27.6. The van der Waals surface area contributed by atoms with Gasteiger partial charge in [-0.2, -0.15) is 0 Å². The Labute approximate surface area is 613 Å². The first-order valence-corrected chi connectivity index (χ1v) is 36.7. The van der Waals surface area contributed by atoms with Crippen LogP contribution in [0.4, 0.5) is 0 Å². The third-order valence-electron chi connectivity index (χ3n) is 19.1. The molecule has 26 heteroatoms. The molecular weight excluding hydrogens is 1320 g/mol. The number of carbonyl (C=O) groups excluding carboxylic acids is 12. The van der Waals surface area contributed by atoms with Gasteiger partial charge in [0, 0.05) is 61.8 Å². The van der Waals surface area contributed by atoms with E-state index < -0.39 is 161 Å². The average molecular weight is 1440 g/mol. The SMILES string of the molecule is CCC(C)[C@H]1C(=O)N(C)C[C@@H](C)C(=O)N(C)[C@@H](CC(C)C)C(=O)N[C@@H](COC(C)(C)C)C(=O)N[C@@H](CC(C)C)C(=O)N[C@@H](C)C(=O)N(C)[C@@H](C)C(=O)N(C)[C@@H](Cc2ccccc2)C(=O)CNC[C@@H](CC(C)C)C(=O)N(C)C(CC(C)C)C(=O)N[C@@H]([C@@H](C)O)C(=O)N[C@@H](Cc2ccccc2)C(=O)N1C. The first-order valence-electron chi connectivity index (χ1n) is 36.7. The van der Waals surface area contributed by atoms with Gasteiger partial charge in [-0.15, -0.1) is 0 Å². The van der Waals surface area contributed by atoms with Crippen LogP contribution in [0.5, 0.6) is 0 Å². The van der Waals surface area contributed by atoms with Gasteiger partial charge in [0.05, 0.1) is 42.7 Å². The van der Waals surface area contributed by atoms with Gasteiger partial charge in [0.2, 0.25) is 65.0 Å². The Morgan fingerprint density at radius 2 is 0.951 bits per heavy atom. The van der Waals surface area contributed by atoms with Gasteiger partial charge >= 0.3 is 0 Å². The zero-order valence-electron chi connectivity index (χ0n) is 65.9. The molecule has 11 amide bonds. The molecule has 1 aliphatic heterocycles. The minimum atomic E-state index is -1.66. The predicted molar refractivity (Wildman–Crippen MR) is 397 cm³/mol. The number of likely N-dealkylation sites (N-methyl/N-ethyl adjacent to an activating group) is 6. The van der Waals surface area contributed by atoms with Gasteiger partial charge in [-0.1, -0.05) is 143 Å². The number of aliphatic hydroxyl groups is 1. The van der Waals surface area contributed by atoms with Crippen LogP contribution in [0.3, 0.4) is 0 Å². The molecule has 0 aromatic heterocycles. The molecule has 2 unspecified atom stereocenters. The van der Waals surface area contributed by atoms with Crippen molar-refractivity contribution in [1.82, 2.24) is 61.3 Å². The highest BCUT2D eigenvalue weighted by molar-refractivity contribution is 5.99. The van der Waals surface area contributed by atoms with E-state index in [4.69, 9.17) is 4.74 Å². The molecule has 14 atom stereocenters. The first-order chi connectivity index (χ1) is 47.9. The fourth-order valence-corrected chi connectivity index (χ4v) is 12.8. The number of amides is 11. The number of Topliss-reactive ketones (excluding diaryl/α,β-unsaturated/α-hetero) is 1. The Bertz CT molecular complexity index is 3140. The lowest BCUT2D eigenvalue weighted by atomic mass is 9.93. The fraction of sp³-hybridized carbons (Fsp3) is 0.688. The van der Waals surface area contributed by atoms with Crippen molar-refractivity contribution in [2.24, 2.45) is 41.4 Å². The van der Waals surface area contributed by atoms with Crippen molar-refractivity contribution in [1.29, 1.82) is 0 Å². The molecule has 26 nitrogen and oxygen atoms in total. The Morgan fingerprint density at radius 1 is 0.485 bits per heavy atom. The predicted octanol–water partition coefficient (Wildman–Crippen LogP) is 4.38. The second kappa shape index (κ2) is 41.6. The Hall–Kier alpha value is -7.84. The average Bonchev–Trinajstić information content (AvgIpc) is 0.832. The number of hydrogen-bond donors (Lipinski definition) is 7. The van der Waals surface area contributed by atoms with E-state index in [-0.39, 0.29) is 82.0 Å². The molecule has 0 saturated carbocycles. The van der Waals surface area contributed by atoms with E-state index in [0.717, 1.165) is 5.56 Å². The van der Waals surface area contributed by atoms with Crippen LogP contribution >= 0.6 is 0 Å². The minimum Gasteiger partial charge on any atom is -0.391 e. The van der Waals surface area contributed by atoms with Crippen LogP contribution in [-0.4, -0.2) is 246 Å². The van der Waals surface area contributed by atoms with Crippen LogP contribution in [0.15, 0.2) is 60.7 Å². The van der Waals surface area contributed by atoms with Gasteiger partial charge in [-0.05, 0) is 114 Å². The normalized spacial score (nSPS) is 26.3. The van der Waals surface area contributed by atoms with Crippen molar-refractivity contribution in [3.8, 4) is 0 Å². The van der Waals surface area contributed by atoms with Crippen molar-refractivity contribution in [2.75, 3.05) is 68.5 Å². The molecular formula is C77H126N12O14. The third-order valence-corrected chi connectivity index (χ3v) is 19.1. The van der Waals surface area contributed by atoms with E-state index in [1.165, 1.54) is 92.5 Å². The summed E-state index contributed by atoms with van der Waals surface area (Å²) in [5.74, 6) is -10.6. The van der Waals surface area contributed by atoms with Crippen molar-refractivity contribution in [2.45, 2.75) is 235 Å². The van der Waals surface area contributed by atoms with E-state index >= 15 is 9.59 Å². The molecule has 1 aliphatic rings. The lowest BCUT2D eigenvalue weighted by Gasteiger charge is -2.37. The van der Waals surface area contributed by atoms with E-state index in [1.807, 2.05) is 80.5 Å². The molecule has 2 aromatic rings. The van der Waals surface area contributed by atoms with E-state index in [0.29, 0.717) is 18.4 Å². The molecule has 2 aromatic carbocycles. The number of carbonyl (C=O) groups is 12. The maximum absolute atomic E-state index is 15.2. The number of ketones is 1. The number of ether oxygens (including phenoxy) is 1. The molecule has 0 spiro atoms. The number of rotatable bonds is 17. The zero-order chi connectivity index (χ0) is 78.2. The summed E-state index contributed by atoms with van der Waals surface area (Å²) >= 11 is 0.